The molecule has 1 amide bonds. The molecule has 0 unspecified atom stereocenters. The highest BCUT2D eigenvalue weighted by Crippen LogP contribution is 2.19. The summed E-state index contributed by atoms with van der Waals surface area (Å²) in [6.07, 6.45) is 2.69. The van der Waals surface area contributed by atoms with Crippen molar-refractivity contribution in [2.45, 2.75) is 19.8 Å². The van der Waals surface area contributed by atoms with Gasteiger partial charge < -0.3 is 19.8 Å². The first-order valence-corrected chi connectivity index (χ1v) is 9.28. The molecule has 2 aromatic carbocycles. The van der Waals surface area contributed by atoms with Gasteiger partial charge in [-0.05, 0) is 42.7 Å². The van der Waals surface area contributed by atoms with Gasteiger partial charge >= 0.3 is 5.97 Å². The second kappa shape index (κ2) is 9.60. The molecular weight excluding hydrogens is 356 g/mol. The topological polar surface area (TPSA) is 80.4 Å². The third-order valence-electron chi connectivity index (χ3n) is 4.32. The van der Waals surface area contributed by atoms with E-state index in [1.165, 1.54) is 0 Å². The predicted molar refractivity (Wildman–Crippen MR) is 107 cm³/mol. The fourth-order valence-corrected chi connectivity index (χ4v) is 2.91. The van der Waals surface area contributed by atoms with Gasteiger partial charge in [0.25, 0.3) is 5.91 Å². The maximum absolute atomic E-state index is 11.9. The molecule has 0 radical (unpaired) electrons. The summed E-state index contributed by atoms with van der Waals surface area (Å²) in [5.74, 6) is 0.0303. The minimum absolute atomic E-state index is 0.228. The molecule has 0 aliphatic carbocycles. The molecule has 0 aliphatic rings. The van der Waals surface area contributed by atoms with E-state index < -0.39 is 5.97 Å². The highest BCUT2D eigenvalue weighted by atomic mass is 16.5. The van der Waals surface area contributed by atoms with E-state index in [1.54, 1.807) is 0 Å². The van der Waals surface area contributed by atoms with Crippen LogP contribution in [0.4, 0.5) is 0 Å². The molecule has 6 nitrogen and oxygen atoms in total. The Balaban J connectivity index is 1.31. The van der Waals surface area contributed by atoms with Crippen molar-refractivity contribution in [3.8, 4) is 5.75 Å². The first-order valence-electron chi connectivity index (χ1n) is 9.28. The number of para-hydroxylation sites is 1. The fraction of sp³-hybridized carbons (Fsp3) is 0.273. The molecule has 146 valence electrons. The van der Waals surface area contributed by atoms with E-state index in [4.69, 9.17) is 9.47 Å². The van der Waals surface area contributed by atoms with Crippen LogP contribution >= 0.6 is 0 Å². The van der Waals surface area contributed by atoms with Gasteiger partial charge in [-0.15, -0.1) is 0 Å². The zero-order valence-corrected chi connectivity index (χ0v) is 15.9. The lowest BCUT2D eigenvalue weighted by atomic mass is 10.1. The smallest absolute Gasteiger partial charge is 0.306 e. The second-order valence-electron chi connectivity index (χ2n) is 6.54. The molecule has 28 heavy (non-hydrogen) atoms. The molecule has 6 heteroatoms. The fourth-order valence-electron chi connectivity index (χ4n) is 2.91. The molecule has 0 bridgehead atoms. The summed E-state index contributed by atoms with van der Waals surface area (Å²) in [5.41, 5.74) is 3.21. The normalized spacial score (nSPS) is 10.6. The number of H-pyrrole nitrogens is 1. The number of hydrogen-bond acceptors (Lipinski definition) is 4. The third-order valence-corrected chi connectivity index (χ3v) is 4.32. The number of carbonyl (C=O) groups excluding carboxylic acids is 2. The molecule has 0 saturated carbocycles. The SMILES string of the molecule is Cc1cccc(OCCNC(=O)COC(=O)CCc2c[nH]c3ccccc23)c1. The Morgan fingerprint density at radius 1 is 1.11 bits per heavy atom. The van der Waals surface area contributed by atoms with E-state index in [0.29, 0.717) is 19.6 Å². The zero-order chi connectivity index (χ0) is 19.8. The number of aryl methyl sites for hydroxylation is 2. The predicted octanol–water partition coefficient (Wildman–Crippen LogP) is 3.15. The van der Waals surface area contributed by atoms with Gasteiger partial charge in [-0.2, -0.15) is 0 Å². The summed E-state index contributed by atoms with van der Waals surface area (Å²) in [7, 11) is 0. The molecule has 1 aromatic heterocycles. The van der Waals surface area contributed by atoms with Crippen LogP contribution in [0, 0.1) is 6.92 Å². The Labute approximate surface area is 163 Å². The van der Waals surface area contributed by atoms with Crippen molar-refractivity contribution >= 4 is 22.8 Å². The number of aromatic amines is 1. The molecule has 0 aliphatic heterocycles. The number of aromatic nitrogens is 1. The van der Waals surface area contributed by atoms with Crippen molar-refractivity contribution in [3.63, 3.8) is 0 Å². The number of ether oxygens (including phenoxy) is 2. The van der Waals surface area contributed by atoms with Crippen LogP contribution in [0.5, 0.6) is 5.75 Å². The van der Waals surface area contributed by atoms with E-state index >= 15 is 0 Å². The lowest BCUT2D eigenvalue weighted by molar-refractivity contribution is -0.148. The Bertz CT molecular complexity index is 948. The number of hydrogen-bond donors (Lipinski definition) is 2. The number of fused-ring (bicyclic) bond motifs is 1. The van der Waals surface area contributed by atoms with Crippen molar-refractivity contribution in [2.24, 2.45) is 0 Å². The van der Waals surface area contributed by atoms with Gasteiger partial charge in [-0.1, -0.05) is 30.3 Å². The van der Waals surface area contributed by atoms with Gasteiger partial charge in [0.15, 0.2) is 6.61 Å². The lowest BCUT2D eigenvalue weighted by Gasteiger charge is -2.09. The van der Waals surface area contributed by atoms with Crippen LogP contribution in [0.2, 0.25) is 0 Å². The maximum Gasteiger partial charge on any atom is 0.306 e. The van der Waals surface area contributed by atoms with E-state index in [-0.39, 0.29) is 18.9 Å². The van der Waals surface area contributed by atoms with Crippen LogP contribution in [0.3, 0.4) is 0 Å². The standard InChI is InChI=1S/C22H24N2O4/c1-16-5-4-6-18(13-16)27-12-11-23-21(25)15-28-22(26)10-9-17-14-24-20-8-3-2-7-19(17)20/h2-8,13-14,24H,9-12,15H2,1H3,(H,23,25). The van der Waals surface area contributed by atoms with Gasteiger partial charge in [-0.25, -0.2) is 0 Å². The van der Waals surface area contributed by atoms with Crippen molar-refractivity contribution in [1.29, 1.82) is 0 Å². The van der Waals surface area contributed by atoms with Gasteiger partial charge in [0, 0.05) is 23.5 Å². The van der Waals surface area contributed by atoms with Crippen LogP contribution in [-0.2, 0) is 20.7 Å². The number of nitrogens with one attached hydrogen (secondary N) is 2. The number of amides is 1. The van der Waals surface area contributed by atoms with E-state index in [2.05, 4.69) is 10.3 Å². The van der Waals surface area contributed by atoms with Crippen LogP contribution in [-0.4, -0.2) is 36.6 Å². The van der Waals surface area contributed by atoms with Crippen molar-refractivity contribution in [3.05, 3.63) is 65.9 Å². The summed E-state index contributed by atoms with van der Waals surface area (Å²) in [5, 5.41) is 3.77. The number of benzene rings is 2. The Kier molecular flexibility index (Phi) is 6.68. The monoisotopic (exact) mass is 380 g/mol. The first kappa shape index (κ1) is 19.5. The van der Waals surface area contributed by atoms with E-state index in [0.717, 1.165) is 27.8 Å². The second-order valence-corrected chi connectivity index (χ2v) is 6.54. The van der Waals surface area contributed by atoms with Gasteiger partial charge in [-0.3, -0.25) is 9.59 Å². The summed E-state index contributed by atoms with van der Waals surface area (Å²) >= 11 is 0. The number of carbonyl (C=O) groups is 2. The van der Waals surface area contributed by atoms with Crippen LogP contribution in [0.1, 0.15) is 17.5 Å². The van der Waals surface area contributed by atoms with Crippen LogP contribution < -0.4 is 10.1 Å². The van der Waals surface area contributed by atoms with Crippen LogP contribution in [0.15, 0.2) is 54.7 Å². The summed E-state index contributed by atoms with van der Waals surface area (Å²) in [6.45, 7) is 2.40. The third kappa shape index (κ3) is 5.61. The van der Waals surface area contributed by atoms with E-state index in [1.807, 2.05) is 61.7 Å². The maximum atomic E-state index is 11.9. The van der Waals surface area contributed by atoms with Crippen LogP contribution in [0.25, 0.3) is 10.9 Å². The molecule has 1 heterocycles. The summed E-state index contributed by atoms with van der Waals surface area (Å²) < 4.78 is 10.6. The quantitative estimate of drug-likeness (QED) is 0.441. The van der Waals surface area contributed by atoms with Gasteiger partial charge in [0.2, 0.25) is 0 Å². The van der Waals surface area contributed by atoms with E-state index in [9.17, 15) is 9.59 Å². The Hall–Kier alpha value is -3.28. The molecule has 0 atom stereocenters. The summed E-state index contributed by atoms with van der Waals surface area (Å²) in [6, 6.07) is 15.6. The van der Waals surface area contributed by atoms with Gasteiger partial charge in [0.1, 0.15) is 12.4 Å². The minimum atomic E-state index is -0.392. The highest BCUT2D eigenvalue weighted by molar-refractivity contribution is 5.84. The average molecular weight is 380 g/mol. The van der Waals surface area contributed by atoms with Gasteiger partial charge in [0.05, 0.1) is 6.54 Å². The molecule has 2 N–H and O–H groups in total. The van der Waals surface area contributed by atoms with Crippen molar-refractivity contribution < 1.29 is 19.1 Å². The Morgan fingerprint density at radius 2 is 1.96 bits per heavy atom. The van der Waals surface area contributed by atoms with Crippen molar-refractivity contribution in [1.82, 2.24) is 10.3 Å². The zero-order valence-electron chi connectivity index (χ0n) is 15.9. The first-order chi connectivity index (χ1) is 13.6. The highest BCUT2D eigenvalue weighted by Gasteiger charge is 2.10. The molecular formula is C22H24N2O4. The summed E-state index contributed by atoms with van der Waals surface area (Å²) in [4.78, 5) is 26.8. The largest absolute Gasteiger partial charge is 0.492 e. The number of esters is 1. The molecule has 3 aromatic rings. The molecule has 0 saturated heterocycles. The average Bonchev–Trinajstić information content (AvgIpc) is 3.11. The molecule has 0 spiro atoms. The van der Waals surface area contributed by atoms with Crippen molar-refractivity contribution in [2.75, 3.05) is 19.8 Å². The minimum Gasteiger partial charge on any atom is -0.492 e. The molecule has 0 fully saturated rings. The number of rotatable bonds is 9. The molecule has 3 rings (SSSR count). The Morgan fingerprint density at radius 3 is 2.82 bits per heavy atom. The lowest BCUT2D eigenvalue weighted by Crippen LogP contribution is -2.32.